The number of nitrogens with one attached hydrogen (secondary N) is 1. The average molecular weight is 623 g/mol. The van der Waals surface area contributed by atoms with E-state index < -0.39 is 23.6 Å². The summed E-state index contributed by atoms with van der Waals surface area (Å²) in [5, 5.41) is 2.90. The Bertz CT molecular complexity index is 1390. The number of aryl methyl sites for hydroxylation is 1. The summed E-state index contributed by atoms with van der Waals surface area (Å²) in [5.41, 5.74) is 4.79. The molecule has 3 aromatic rings. The number of halogens is 2. The molecule has 3 aromatic carbocycles. The minimum atomic E-state index is -0.744. The lowest BCUT2D eigenvalue weighted by molar-refractivity contribution is -0.142. The topological polar surface area (TPSA) is 58.6 Å². The van der Waals surface area contributed by atoms with Crippen molar-refractivity contribution in [2.45, 2.75) is 71.0 Å². The van der Waals surface area contributed by atoms with Gasteiger partial charge in [-0.1, -0.05) is 62.4 Å². The largest absolute Gasteiger partial charge is 0.467 e. The summed E-state index contributed by atoms with van der Waals surface area (Å²) in [7, 11) is 1.33. The van der Waals surface area contributed by atoms with Crippen LogP contribution in [0.2, 0.25) is 0 Å². The van der Waals surface area contributed by atoms with E-state index in [1.165, 1.54) is 51.3 Å². The number of ether oxygens (including phenoxy) is 1. The van der Waals surface area contributed by atoms with Crippen LogP contribution in [0.15, 0.2) is 60.7 Å². The zero-order chi connectivity index (χ0) is 31.5. The van der Waals surface area contributed by atoms with Gasteiger partial charge < -0.3 is 10.1 Å². The van der Waals surface area contributed by atoms with Gasteiger partial charge in [0.2, 0.25) is 0 Å². The molecular weight excluding hydrogens is 578 g/mol. The molecule has 0 saturated heterocycles. The Labute approximate surface area is 264 Å². The number of hydrogen-bond donors (Lipinski definition) is 1. The molecule has 0 unspecified atom stereocenters. The van der Waals surface area contributed by atoms with E-state index in [2.05, 4.69) is 10.2 Å². The van der Waals surface area contributed by atoms with E-state index in [0.717, 1.165) is 41.3 Å². The molecule has 1 amide bonds. The van der Waals surface area contributed by atoms with E-state index in [1.54, 1.807) is 11.8 Å². The lowest BCUT2D eigenvalue weighted by Gasteiger charge is -2.28. The number of carbonyl (C=O) groups is 2. The van der Waals surface area contributed by atoms with Crippen molar-refractivity contribution >= 4 is 23.6 Å². The first kappa shape index (κ1) is 33.7. The highest BCUT2D eigenvalue weighted by molar-refractivity contribution is 7.98. The Morgan fingerprint density at radius 2 is 1.66 bits per heavy atom. The number of amides is 1. The summed E-state index contributed by atoms with van der Waals surface area (Å²) < 4.78 is 33.1. The SMILES string of the molecule is COC(=O)[C@H](CCSC)NC(=O)c1ccc(CN(CCC2CCCCC2)Cc2cc(F)cc(F)c2)cc1-c1ccccc1C. The van der Waals surface area contributed by atoms with E-state index in [1.807, 2.05) is 55.6 Å². The Morgan fingerprint density at radius 3 is 2.34 bits per heavy atom. The van der Waals surface area contributed by atoms with Crippen molar-refractivity contribution in [3.05, 3.63) is 94.6 Å². The van der Waals surface area contributed by atoms with Gasteiger partial charge in [-0.15, -0.1) is 0 Å². The van der Waals surface area contributed by atoms with Crippen LogP contribution in [0.5, 0.6) is 0 Å². The van der Waals surface area contributed by atoms with E-state index >= 15 is 0 Å². The monoisotopic (exact) mass is 622 g/mol. The fourth-order valence-electron chi connectivity index (χ4n) is 6.12. The van der Waals surface area contributed by atoms with Crippen LogP contribution in [0.25, 0.3) is 11.1 Å². The lowest BCUT2D eigenvalue weighted by Crippen LogP contribution is -2.42. The number of methoxy groups -OCH3 is 1. The molecule has 8 heteroatoms. The molecule has 0 aromatic heterocycles. The molecule has 1 fully saturated rings. The quantitative estimate of drug-likeness (QED) is 0.185. The second-order valence-corrected chi connectivity index (χ2v) is 12.8. The maximum Gasteiger partial charge on any atom is 0.328 e. The summed E-state index contributed by atoms with van der Waals surface area (Å²) in [6.45, 7) is 3.79. The predicted octanol–water partition coefficient (Wildman–Crippen LogP) is 7.94. The van der Waals surface area contributed by atoms with E-state index in [9.17, 15) is 18.4 Å². The van der Waals surface area contributed by atoms with Gasteiger partial charge in [-0.25, -0.2) is 13.6 Å². The fourth-order valence-corrected chi connectivity index (χ4v) is 6.59. The molecule has 1 aliphatic rings. The van der Waals surface area contributed by atoms with Crippen molar-refractivity contribution in [3.63, 3.8) is 0 Å². The van der Waals surface area contributed by atoms with Gasteiger partial charge in [-0.2, -0.15) is 11.8 Å². The highest BCUT2D eigenvalue weighted by Gasteiger charge is 2.24. The second-order valence-electron chi connectivity index (χ2n) is 11.8. The van der Waals surface area contributed by atoms with Gasteiger partial charge in [-0.05, 0) is 96.3 Å². The molecule has 44 heavy (non-hydrogen) atoms. The summed E-state index contributed by atoms with van der Waals surface area (Å²) in [6.07, 6.45) is 9.73. The third-order valence-electron chi connectivity index (χ3n) is 8.48. The lowest BCUT2D eigenvalue weighted by atomic mass is 9.87. The summed E-state index contributed by atoms with van der Waals surface area (Å²) in [5.74, 6) is -0.591. The van der Waals surface area contributed by atoms with Crippen LogP contribution >= 0.6 is 11.8 Å². The molecule has 1 N–H and O–H groups in total. The highest BCUT2D eigenvalue weighted by Crippen LogP contribution is 2.30. The average Bonchev–Trinajstić information content (AvgIpc) is 3.01. The van der Waals surface area contributed by atoms with Crippen LogP contribution < -0.4 is 5.32 Å². The first-order valence-electron chi connectivity index (χ1n) is 15.5. The van der Waals surface area contributed by atoms with Crippen molar-refractivity contribution < 1.29 is 23.1 Å². The maximum absolute atomic E-state index is 14.1. The van der Waals surface area contributed by atoms with Gasteiger partial charge in [-0.3, -0.25) is 9.69 Å². The first-order valence-corrected chi connectivity index (χ1v) is 16.9. The number of thioether (sulfide) groups is 1. The minimum absolute atomic E-state index is 0.337. The molecule has 0 heterocycles. The molecule has 236 valence electrons. The number of benzene rings is 3. The van der Waals surface area contributed by atoms with Gasteiger partial charge in [0.25, 0.3) is 5.91 Å². The molecule has 5 nitrogen and oxygen atoms in total. The smallest absolute Gasteiger partial charge is 0.328 e. The third-order valence-corrected chi connectivity index (χ3v) is 9.12. The summed E-state index contributed by atoms with van der Waals surface area (Å²) in [4.78, 5) is 28.3. The molecule has 0 aliphatic heterocycles. The highest BCUT2D eigenvalue weighted by atomic mass is 32.2. The Balaban J connectivity index is 1.64. The van der Waals surface area contributed by atoms with Gasteiger partial charge in [0.15, 0.2) is 0 Å². The summed E-state index contributed by atoms with van der Waals surface area (Å²) in [6, 6.07) is 16.7. The molecule has 0 radical (unpaired) electrons. The number of esters is 1. The predicted molar refractivity (Wildman–Crippen MR) is 175 cm³/mol. The number of hydrogen-bond acceptors (Lipinski definition) is 5. The Morgan fingerprint density at radius 1 is 0.955 bits per heavy atom. The van der Waals surface area contributed by atoms with Crippen molar-refractivity contribution in [3.8, 4) is 11.1 Å². The molecule has 1 saturated carbocycles. The van der Waals surface area contributed by atoms with Crippen LogP contribution in [0.3, 0.4) is 0 Å². The number of nitrogens with zero attached hydrogens (tertiary/aromatic N) is 1. The van der Waals surface area contributed by atoms with Crippen LogP contribution in [-0.4, -0.2) is 48.5 Å². The van der Waals surface area contributed by atoms with Crippen molar-refractivity contribution in [2.75, 3.05) is 25.7 Å². The zero-order valence-corrected chi connectivity index (χ0v) is 26.9. The molecular formula is C36H44F2N2O3S. The van der Waals surface area contributed by atoms with E-state index in [4.69, 9.17) is 4.74 Å². The van der Waals surface area contributed by atoms with Gasteiger partial charge in [0, 0.05) is 24.7 Å². The summed E-state index contributed by atoms with van der Waals surface area (Å²) >= 11 is 1.60. The normalized spacial score (nSPS) is 14.4. The van der Waals surface area contributed by atoms with Gasteiger partial charge >= 0.3 is 5.97 Å². The standard InChI is InChI=1S/C36H44F2N2O3S/c1-25-9-7-8-12-31(25)33-21-27(13-14-32(33)35(41)39-34(16-18-44-3)36(42)43-2)23-40(17-15-26-10-5-4-6-11-26)24-28-19-29(37)22-30(38)20-28/h7-9,12-14,19-22,26,34H,4-6,10-11,15-18,23-24H2,1-3H3,(H,39,41)/t34-/m0/s1. The zero-order valence-electron chi connectivity index (χ0n) is 26.0. The molecule has 4 rings (SSSR count). The molecule has 0 bridgehead atoms. The Kier molecular flexibility index (Phi) is 12.8. The van der Waals surface area contributed by atoms with E-state index in [-0.39, 0.29) is 5.91 Å². The van der Waals surface area contributed by atoms with Crippen molar-refractivity contribution in [1.29, 1.82) is 0 Å². The third kappa shape index (κ3) is 9.63. The van der Waals surface area contributed by atoms with E-state index in [0.29, 0.717) is 42.3 Å². The fraction of sp³-hybridized carbons (Fsp3) is 0.444. The van der Waals surface area contributed by atoms with Crippen LogP contribution in [-0.2, 0) is 22.6 Å². The van der Waals surface area contributed by atoms with Crippen LogP contribution in [0.1, 0.15) is 72.0 Å². The van der Waals surface area contributed by atoms with Gasteiger partial charge in [0.1, 0.15) is 17.7 Å². The Hall–Kier alpha value is -3.23. The van der Waals surface area contributed by atoms with Gasteiger partial charge in [0.05, 0.1) is 7.11 Å². The molecule has 1 atom stereocenters. The van der Waals surface area contributed by atoms with Crippen molar-refractivity contribution in [2.24, 2.45) is 5.92 Å². The van der Waals surface area contributed by atoms with Crippen LogP contribution in [0, 0.1) is 24.5 Å². The molecule has 0 spiro atoms. The van der Waals surface area contributed by atoms with Crippen LogP contribution in [0.4, 0.5) is 8.78 Å². The minimum Gasteiger partial charge on any atom is -0.467 e. The number of rotatable bonds is 14. The molecule has 1 aliphatic carbocycles. The number of carbonyl (C=O) groups excluding carboxylic acids is 2. The maximum atomic E-state index is 14.1. The first-order chi connectivity index (χ1) is 21.3. The second kappa shape index (κ2) is 16.7. The van der Waals surface area contributed by atoms with Crippen molar-refractivity contribution in [1.82, 2.24) is 10.2 Å².